The van der Waals surface area contributed by atoms with E-state index in [0.717, 1.165) is 6.07 Å². The SMILES string of the molecule is O=C(Cc1c[c-]c(/C=C/c2ccc(NC(=O)Oc3ccccc3)cc2S(=O)(=O)[O-])cc1)Oc1ccccc1.O=S(=O)=O.[Na+].[Na+]. The Balaban J connectivity index is 0.00000152. The number of hydrogen-bond donors (Lipinski definition) is 1. The van der Waals surface area contributed by atoms with Gasteiger partial charge in [-0.1, -0.05) is 48.5 Å². The van der Waals surface area contributed by atoms with Gasteiger partial charge in [0.25, 0.3) is 0 Å². The number of carbonyl (C=O) groups is 2. The summed E-state index contributed by atoms with van der Waals surface area (Å²) in [6, 6.07) is 29.0. The third kappa shape index (κ3) is 14.1. The molecule has 0 unspecified atom stereocenters. The first-order chi connectivity index (χ1) is 20.0. The van der Waals surface area contributed by atoms with E-state index in [-0.39, 0.29) is 76.8 Å². The molecule has 0 aromatic heterocycles. The van der Waals surface area contributed by atoms with Crippen LogP contribution < -0.4 is 73.9 Å². The fourth-order valence-corrected chi connectivity index (χ4v) is 4.09. The zero-order valence-corrected chi connectivity index (χ0v) is 29.1. The van der Waals surface area contributed by atoms with Gasteiger partial charge in [0.05, 0.1) is 4.90 Å². The van der Waals surface area contributed by atoms with Crippen LogP contribution in [0.15, 0.2) is 102 Å². The van der Waals surface area contributed by atoms with Crippen LogP contribution in [0.2, 0.25) is 0 Å². The normalized spacial score (nSPS) is 10.2. The summed E-state index contributed by atoms with van der Waals surface area (Å²) in [5.74, 6) is 0.343. The molecule has 44 heavy (non-hydrogen) atoms. The van der Waals surface area contributed by atoms with Crippen LogP contribution in [0.1, 0.15) is 16.7 Å². The van der Waals surface area contributed by atoms with Gasteiger partial charge in [-0.25, -0.2) is 13.2 Å². The van der Waals surface area contributed by atoms with Gasteiger partial charge in [0.2, 0.25) is 0 Å². The Hall–Kier alpha value is -3.11. The fourth-order valence-electron chi connectivity index (χ4n) is 3.39. The molecule has 4 aromatic carbocycles. The van der Waals surface area contributed by atoms with Gasteiger partial charge in [-0.2, -0.15) is 5.56 Å². The van der Waals surface area contributed by atoms with E-state index in [2.05, 4.69) is 11.4 Å². The molecular formula is C29H21NNa2O10S2. The van der Waals surface area contributed by atoms with Crippen LogP contribution >= 0.6 is 0 Å². The molecule has 0 aliphatic carbocycles. The van der Waals surface area contributed by atoms with Crippen molar-refractivity contribution in [2.24, 2.45) is 0 Å². The molecule has 0 heterocycles. The van der Waals surface area contributed by atoms with Crippen molar-refractivity contribution in [2.75, 3.05) is 5.32 Å². The minimum Gasteiger partial charge on any atom is -0.744 e. The second-order valence-corrected chi connectivity index (χ2v) is 9.94. The van der Waals surface area contributed by atoms with Gasteiger partial charge in [0.15, 0.2) is 0 Å². The van der Waals surface area contributed by atoms with E-state index in [9.17, 15) is 22.6 Å². The molecule has 0 aliphatic rings. The first-order valence-electron chi connectivity index (χ1n) is 11.8. The van der Waals surface area contributed by atoms with Crippen LogP contribution in [0.4, 0.5) is 10.5 Å². The Morgan fingerprint density at radius 2 is 1.39 bits per heavy atom. The fraction of sp³-hybridized carbons (Fsp3) is 0.0345. The molecule has 0 atom stereocenters. The predicted octanol–water partition coefficient (Wildman–Crippen LogP) is -1.68. The molecule has 11 nitrogen and oxygen atoms in total. The van der Waals surface area contributed by atoms with Gasteiger partial charge >= 0.3 is 81.8 Å². The van der Waals surface area contributed by atoms with Crippen molar-refractivity contribution in [3.63, 3.8) is 0 Å². The largest absolute Gasteiger partial charge is 1.00 e. The van der Waals surface area contributed by atoms with Crippen molar-refractivity contribution < 1.29 is 104 Å². The summed E-state index contributed by atoms with van der Waals surface area (Å²) in [5, 5.41) is 2.41. The Morgan fingerprint density at radius 1 is 0.818 bits per heavy atom. The molecule has 15 heteroatoms. The maximum absolute atomic E-state index is 12.1. The Bertz CT molecular complexity index is 1780. The van der Waals surface area contributed by atoms with Crippen molar-refractivity contribution in [3.05, 3.63) is 120 Å². The summed E-state index contributed by atoms with van der Waals surface area (Å²) in [4.78, 5) is 23.7. The van der Waals surface area contributed by atoms with Crippen LogP contribution in [0.25, 0.3) is 12.2 Å². The van der Waals surface area contributed by atoms with Gasteiger partial charge in [-0.15, -0.1) is 48.5 Å². The smallest absolute Gasteiger partial charge is 0.744 e. The second-order valence-electron chi connectivity index (χ2n) is 8.19. The van der Waals surface area contributed by atoms with Crippen molar-refractivity contribution >= 4 is 50.6 Å². The number of anilines is 1. The zero-order valence-electron chi connectivity index (χ0n) is 23.5. The quantitative estimate of drug-likeness (QED) is 0.0579. The average molecular weight is 654 g/mol. The van der Waals surface area contributed by atoms with Gasteiger partial charge in [0.1, 0.15) is 21.6 Å². The molecule has 1 N–H and O–H groups in total. The molecule has 0 radical (unpaired) electrons. The van der Waals surface area contributed by atoms with Crippen LogP contribution in [0.5, 0.6) is 11.5 Å². The summed E-state index contributed by atoms with van der Waals surface area (Å²) in [5.41, 5.74) is 1.48. The number of para-hydroxylation sites is 2. The van der Waals surface area contributed by atoms with Crippen LogP contribution in [0.3, 0.4) is 0 Å². The van der Waals surface area contributed by atoms with Crippen molar-refractivity contribution in [2.45, 2.75) is 11.3 Å². The number of esters is 1. The van der Waals surface area contributed by atoms with Crippen LogP contribution in [0, 0.1) is 6.07 Å². The summed E-state index contributed by atoms with van der Waals surface area (Å²) >= 11 is 0. The van der Waals surface area contributed by atoms with Crippen molar-refractivity contribution in [3.8, 4) is 11.5 Å². The van der Waals surface area contributed by atoms with E-state index in [0.29, 0.717) is 22.6 Å². The maximum Gasteiger partial charge on any atom is 1.00 e. The van der Waals surface area contributed by atoms with Crippen LogP contribution in [-0.4, -0.2) is 37.7 Å². The number of amides is 1. The molecule has 1 amide bonds. The third-order valence-corrected chi connectivity index (χ3v) is 6.04. The van der Waals surface area contributed by atoms with E-state index in [1.165, 1.54) is 18.2 Å². The molecular weight excluding hydrogens is 632 g/mol. The van der Waals surface area contributed by atoms with Crippen molar-refractivity contribution in [1.82, 2.24) is 0 Å². The van der Waals surface area contributed by atoms with Gasteiger partial charge in [0, 0.05) is 12.1 Å². The molecule has 0 saturated carbocycles. The molecule has 0 spiro atoms. The number of ether oxygens (including phenoxy) is 2. The molecule has 4 rings (SSSR count). The second kappa shape index (κ2) is 19.3. The average Bonchev–Trinajstić information content (AvgIpc) is 2.93. The number of benzene rings is 4. The van der Waals surface area contributed by atoms with E-state index in [1.807, 2.05) is 6.07 Å². The van der Waals surface area contributed by atoms with E-state index < -0.39 is 37.7 Å². The molecule has 0 bridgehead atoms. The topological polar surface area (TPSA) is 173 Å². The summed E-state index contributed by atoms with van der Waals surface area (Å²) in [6.45, 7) is 0. The summed E-state index contributed by atoms with van der Waals surface area (Å²) < 4.78 is 71.4. The van der Waals surface area contributed by atoms with Crippen molar-refractivity contribution in [1.29, 1.82) is 0 Å². The number of carbonyl (C=O) groups excluding carboxylic acids is 2. The zero-order chi connectivity index (χ0) is 30.5. The number of nitrogens with one attached hydrogen (secondary N) is 1. The number of hydrogen-bond acceptors (Lipinski definition) is 10. The Kier molecular flexibility index (Phi) is 17.1. The van der Waals surface area contributed by atoms with Gasteiger partial charge < -0.3 is 14.0 Å². The Labute approximate surface area is 299 Å². The van der Waals surface area contributed by atoms with E-state index in [1.54, 1.807) is 78.9 Å². The molecule has 4 aromatic rings. The summed E-state index contributed by atoms with van der Waals surface area (Å²) in [7, 11) is -7.97. The summed E-state index contributed by atoms with van der Waals surface area (Å²) in [6.07, 6.45) is 2.24. The Morgan fingerprint density at radius 3 is 1.91 bits per heavy atom. The number of rotatable bonds is 8. The minimum absolute atomic E-state index is 0. The van der Waals surface area contributed by atoms with Gasteiger partial charge in [-0.3, -0.25) is 10.1 Å². The molecule has 0 aliphatic heterocycles. The third-order valence-electron chi connectivity index (χ3n) is 5.15. The predicted molar refractivity (Wildman–Crippen MR) is 150 cm³/mol. The molecule has 0 fully saturated rings. The van der Waals surface area contributed by atoms with Crippen LogP contribution in [-0.2, 0) is 31.9 Å². The molecule has 216 valence electrons. The minimum atomic E-state index is -4.86. The van der Waals surface area contributed by atoms with E-state index in [4.69, 9.17) is 22.1 Å². The van der Waals surface area contributed by atoms with Gasteiger partial charge in [-0.05, 0) is 42.0 Å². The maximum atomic E-state index is 12.1. The molecule has 0 saturated heterocycles. The first-order valence-corrected chi connectivity index (χ1v) is 14.3. The monoisotopic (exact) mass is 653 g/mol. The first kappa shape index (κ1) is 38.9. The standard InChI is InChI=1S/C29H22NO7S.2Na.O3S/c31-28(36-25-7-3-1-4-8-25)19-22-13-11-21(12-14-22)15-16-23-17-18-24(20-27(23)38(33,34)35)30-29(32)37-26-9-5-2-6-10-26;;;1-4(2)3/h1-11,13-18,20H,19H2,(H,30,32)(H,33,34,35);;;/q-1;2*+1;/p-1/b16-15+;;;. The van der Waals surface area contributed by atoms with E-state index >= 15 is 0 Å².